The highest BCUT2D eigenvalue weighted by Crippen LogP contribution is 2.37. The number of aromatic hydroxyl groups is 1. The molecule has 0 heterocycles. The Labute approximate surface area is 110 Å². The molecule has 0 aliphatic carbocycles. The second-order valence-electron chi connectivity index (χ2n) is 3.68. The van der Waals surface area contributed by atoms with Gasteiger partial charge in [-0.05, 0) is 23.3 Å². The van der Waals surface area contributed by atoms with Crippen LogP contribution in [0.5, 0.6) is 5.75 Å². The van der Waals surface area contributed by atoms with Gasteiger partial charge in [0.05, 0.1) is 5.02 Å². The van der Waals surface area contributed by atoms with E-state index in [4.69, 9.17) is 28.9 Å². The highest BCUT2D eigenvalue weighted by Gasteiger charge is 2.09. The average Bonchev–Trinajstić information content (AvgIpc) is 2.34. The van der Waals surface area contributed by atoms with Gasteiger partial charge in [0.1, 0.15) is 5.75 Å². The molecule has 0 amide bonds. The minimum absolute atomic E-state index is 0.0385. The Morgan fingerprint density at radius 3 is 2.29 bits per heavy atom. The average molecular weight is 268 g/mol. The van der Waals surface area contributed by atoms with Crippen LogP contribution in [0.1, 0.15) is 5.56 Å². The number of halogens is 2. The van der Waals surface area contributed by atoms with E-state index in [0.717, 1.165) is 11.1 Å². The van der Waals surface area contributed by atoms with Crippen LogP contribution in [-0.2, 0) is 6.54 Å². The molecule has 17 heavy (non-hydrogen) atoms. The second kappa shape index (κ2) is 4.96. The first kappa shape index (κ1) is 12.2. The molecule has 88 valence electrons. The van der Waals surface area contributed by atoms with Crippen LogP contribution >= 0.6 is 23.2 Å². The topological polar surface area (TPSA) is 46.2 Å². The Balaban J connectivity index is 2.52. The van der Waals surface area contributed by atoms with Crippen molar-refractivity contribution >= 4 is 23.2 Å². The second-order valence-corrected chi connectivity index (χ2v) is 4.53. The number of phenolic OH excluding ortho intramolecular Hbond substituents is 1. The van der Waals surface area contributed by atoms with Crippen LogP contribution in [0.2, 0.25) is 10.0 Å². The number of phenols is 1. The molecule has 0 aliphatic heterocycles. The molecule has 3 N–H and O–H groups in total. The zero-order valence-electron chi connectivity index (χ0n) is 8.95. The molecule has 0 saturated carbocycles. The van der Waals surface area contributed by atoms with E-state index in [2.05, 4.69) is 0 Å². The van der Waals surface area contributed by atoms with E-state index in [1.807, 2.05) is 24.3 Å². The van der Waals surface area contributed by atoms with Crippen molar-refractivity contribution in [2.45, 2.75) is 6.54 Å². The number of benzene rings is 2. The van der Waals surface area contributed by atoms with Crippen molar-refractivity contribution in [3.8, 4) is 16.9 Å². The molecule has 0 atom stereocenters. The largest absolute Gasteiger partial charge is 0.506 e. The molecule has 0 spiro atoms. The van der Waals surface area contributed by atoms with Gasteiger partial charge in [-0.3, -0.25) is 0 Å². The van der Waals surface area contributed by atoms with Gasteiger partial charge < -0.3 is 10.8 Å². The lowest BCUT2D eigenvalue weighted by atomic mass is 10.0. The SMILES string of the molecule is NCc1ccc(-c2cc(Cl)cc(Cl)c2O)cc1. The van der Waals surface area contributed by atoms with Gasteiger partial charge in [0, 0.05) is 17.1 Å². The molecule has 0 fully saturated rings. The summed E-state index contributed by atoms with van der Waals surface area (Å²) in [6.45, 7) is 0.489. The number of nitrogens with two attached hydrogens (primary N) is 1. The molecular weight excluding hydrogens is 257 g/mol. The minimum atomic E-state index is 0.0385. The summed E-state index contributed by atoms with van der Waals surface area (Å²) in [6.07, 6.45) is 0. The first-order chi connectivity index (χ1) is 8.11. The van der Waals surface area contributed by atoms with Gasteiger partial charge in [0.2, 0.25) is 0 Å². The summed E-state index contributed by atoms with van der Waals surface area (Å²) < 4.78 is 0. The Morgan fingerprint density at radius 2 is 1.71 bits per heavy atom. The molecule has 0 radical (unpaired) electrons. The zero-order chi connectivity index (χ0) is 12.4. The van der Waals surface area contributed by atoms with Gasteiger partial charge in [-0.15, -0.1) is 0 Å². The highest BCUT2D eigenvalue weighted by molar-refractivity contribution is 6.36. The van der Waals surface area contributed by atoms with Crippen molar-refractivity contribution in [1.82, 2.24) is 0 Å². The molecule has 0 aromatic heterocycles. The predicted octanol–water partition coefficient (Wildman–Crippen LogP) is 3.82. The van der Waals surface area contributed by atoms with E-state index in [9.17, 15) is 5.11 Å². The van der Waals surface area contributed by atoms with Gasteiger partial charge in [-0.25, -0.2) is 0 Å². The molecule has 0 aliphatic rings. The van der Waals surface area contributed by atoms with Crippen LogP contribution in [0.15, 0.2) is 36.4 Å². The van der Waals surface area contributed by atoms with E-state index in [-0.39, 0.29) is 10.8 Å². The summed E-state index contributed by atoms with van der Waals surface area (Å²) in [6, 6.07) is 10.8. The van der Waals surface area contributed by atoms with Crippen LogP contribution < -0.4 is 5.73 Å². The first-order valence-electron chi connectivity index (χ1n) is 5.09. The van der Waals surface area contributed by atoms with E-state index in [1.54, 1.807) is 6.07 Å². The molecule has 2 rings (SSSR count). The third-order valence-corrected chi connectivity index (χ3v) is 3.04. The molecule has 4 heteroatoms. The van der Waals surface area contributed by atoms with E-state index >= 15 is 0 Å². The van der Waals surface area contributed by atoms with E-state index < -0.39 is 0 Å². The maximum atomic E-state index is 9.89. The molecule has 2 aromatic rings. The Kier molecular flexibility index (Phi) is 3.57. The highest BCUT2D eigenvalue weighted by atomic mass is 35.5. The van der Waals surface area contributed by atoms with Crippen molar-refractivity contribution in [1.29, 1.82) is 0 Å². The van der Waals surface area contributed by atoms with Crippen LogP contribution in [0.25, 0.3) is 11.1 Å². The van der Waals surface area contributed by atoms with Crippen molar-refractivity contribution in [2.24, 2.45) is 5.73 Å². The monoisotopic (exact) mass is 267 g/mol. The van der Waals surface area contributed by atoms with Crippen molar-refractivity contribution in [3.63, 3.8) is 0 Å². The quantitative estimate of drug-likeness (QED) is 0.869. The molecule has 0 saturated heterocycles. The fourth-order valence-corrected chi connectivity index (χ4v) is 2.10. The third kappa shape index (κ3) is 2.55. The molecule has 0 bridgehead atoms. The van der Waals surface area contributed by atoms with Crippen molar-refractivity contribution in [2.75, 3.05) is 0 Å². The number of rotatable bonds is 2. The van der Waals surface area contributed by atoms with Crippen LogP contribution in [0, 0.1) is 0 Å². The van der Waals surface area contributed by atoms with Crippen molar-refractivity contribution < 1.29 is 5.11 Å². The summed E-state index contributed by atoms with van der Waals surface area (Å²) in [5, 5.41) is 10.6. The summed E-state index contributed by atoms with van der Waals surface area (Å²) in [5.41, 5.74) is 8.02. The lowest BCUT2D eigenvalue weighted by molar-refractivity contribution is 0.477. The summed E-state index contributed by atoms with van der Waals surface area (Å²) in [7, 11) is 0. The fourth-order valence-electron chi connectivity index (χ4n) is 1.61. The van der Waals surface area contributed by atoms with Gasteiger partial charge >= 0.3 is 0 Å². The van der Waals surface area contributed by atoms with Crippen LogP contribution in [0.3, 0.4) is 0 Å². The van der Waals surface area contributed by atoms with Crippen molar-refractivity contribution in [3.05, 3.63) is 52.0 Å². The number of hydrogen-bond acceptors (Lipinski definition) is 2. The van der Waals surface area contributed by atoms with Gasteiger partial charge in [0.15, 0.2) is 0 Å². The van der Waals surface area contributed by atoms with Crippen LogP contribution in [0.4, 0.5) is 0 Å². The van der Waals surface area contributed by atoms with Crippen LogP contribution in [-0.4, -0.2) is 5.11 Å². The Bertz CT molecular complexity index is 538. The standard InChI is InChI=1S/C13H11Cl2NO/c14-10-5-11(13(17)12(15)6-10)9-3-1-8(7-16)2-4-9/h1-6,17H,7,16H2. The van der Waals surface area contributed by atoms with Gasteiger partial charge in [0.25, 0.3) is 0 Å². The predicted molar refractivity (Wildman–Crippen MR) is 71.5 cm³/mol. The summed E-state index contributed by atoms with van der Waals surface area (Å²) >= 11 is 11.8. The van der Waals surface area contributed by atoms with E-state index in [1.165, 1.54) is 6.07 Å². The molecule has 2 nitrogen and oxygen atoms in total. The fraction of sp³-hybridized carbons (Fsp3) is 0.0769. The smallest absolute Gasteiger partial charge is 0.142 e. The third-order valence-electron chi connectivity index (χ3n) is 2.53. The van der Waals surface area contributed by atoms with E-state index in [0.29, 0.717) is 17.1 Å². The molecule has 0 unspecified atom stereocenters. The summed E-state index contributed by atoms with van der Waals surface area (Å²) in [5.74, 6) is 0.0385. The molecular formula is C13H11Cl2NO. The maximum absolute atomic E-state index is 9.89. The lowest BCUT2D eigenvalue weighted by Gasteiger charge is -2.08. The normalized spacial score (nSPS) is 10.5. The summed E-state index contributed by atoms with van der Waals surface area (Å²) in [4.78, 5) is 0. The minimum Gasteiger partial charge on any atom is -0.506 e. The zero-order valence-corrected chi connectivity index (χ0v) is 10.5. The Morgan fingerprint density at radius 1 is 1.06 bits per heavy atom. The van der Waals surface area contributed by atoms with Gasteiger partial charge in [-0.2, -0.15) is 0 Å². The van der Waals surface area contributed by atoms with Gasteiger partial charge in [-0.1, -0.05) is 47.5 Å². The maximum Gasteiger partial charge on any atom is 0.142 e. The first-order valence-corrected chi connectivity index (χ1v) is 5.85. The number of hydrogen-bond donors (Lipinski definition) is 2. The molecule has 2 aromatic carbocycles. The lowest BCUT2D eigenvalue weighted by Crippen LogP contribution is -1.95. The Hall–Kier alpha value is -1.22.